The van der Waals surface area contributed by atoms with Gasteiger partial charge in [-0.25, -0.2) is 0 Å². The zero-order valence-corrected chi connectivity index (χ0v) is 17.2. The van der Waals surface area contributed by atoms with E-state index in [1.54, 1.807) is 13.2 Å². The fourth-order valence-corrected chi connectivity index (χ4v) is 3.70. The maximum Gasteiger partial charge on any atom is 0.185 e. The third-order valence-electron chi connectivity index (χ3n) is 5.44. The number of allylic oxidation sites excluding steroid dienone is 1. The lowest BCUT2D eigenvalue weighted by Gasteiger charge is -2.37. The number of anilines is 2. The van der Waals surface area contributed by atoms with Crippen molar-refractivity contribution in [1.82, 2.24) is 0 Å². The topological polar surface area (TPSA) is 32.8 Å². The highest BCUT2D eigenvalue weighted by molar-refractivity contribution is 6.07. The summed E-state index contributed by atoms with van der Waals surface area (Å²) in [5.41, 5.74) is 4.08. The highest BCUT2D eigenvalue weighted by atomic mass is 16.5. The van der Waals surface area contributed by atoms with Crippen molar-refractivity contribution in [3.05, 3.63) is 96.1 Å². The van der Waals surface area contributed by atoms with Crippen molar-refractivity contribution in [3.63, 3.8) is 0 Å². The smallest absolute Gasteiger partial charge is 0.185 e. The lowest BCUT2D eigenvalue weighted by atomic mass is 10.1. The minimum Gasteiger partial charge on any atom is -0.497 e. The molecule has 3 aromatic carbocycles. The number of ether oxygens (including phenoxy) is 1. The molecule has 1 heterocycles. The Morgan fingerprint density at radius 3 is 2.13 bits per heavy atom. The van der Waals surface area contributed by atoms with Crippen molar-refractivity contribution in [1.29, 1.82) is 0 Å². The fraction of sp³-hybridized carbons (Fsp3) is 0.192. The second kappa shape index (κ2) is 9.31. The molecule has 0 aromatic heterocycles. The predicted molar refractivity (Wildman–Crippen MR) is 124 cm³/mol. The van der Waals surface area contributed by atoms with Crippen LogP contribution in [0.2, 0.25) is 0 Å². The number of hydrogen-bond donors (Lipinski definition) is 0. The zero-order chi connectivity index (χ0) is 20.8. The minimum atomic E-state index is 0.0215. The number of ketones is 1. The first-order valence-electron chi connectivity index (χ1n) is 10.2. The molecule has 4 nitrogen and oxygen atoms in total. The van der Waals surface area contributed by atoms with E-state index < -0.39 is 0 Å². The molecule has 4 heteroatoms. The SMILES string of the molecule is COc1cccc(N2CCN(c3ccc(C(=O)/C=C/c4ccccc4)cc3)CC2)c1. The van der Waals surface area contributed by atoms with Gasteiger partial charge >= 0.3 is 0 Å². The van der Waals surface area contributed by atoms with Crippen LogP contribution < -0.4 is 14.5 Å². The van der Waals surface area contributed by atoms with E-state index in [9.17, 15) is 4.79 Å². The number of carbonyl (C=O) groups excluding carboxylic acids is 1. The first-order chi connectivity index (χ1) is 14.7. The van der Waals surface area contributed by atoms with E-state index in [2.05, 4.69) is 21.9 Å². The largest absolute Gasteiger partial charge is 0.497 e. The van der Waals surface area contributed by atoms with E-state index >= 15 is 0 Å². The standard InChI is InChI=1S/C26H26N2O2/c1-30-25-9-5-8-24(20-25)28-18-16-27(17-19-28)23-13-11-22(12-14-23)26(29)15-10-21-6-3-2-4-7-21/h2-15,20H,16-19H2,1H3/b15-10+. The molecule has 1 aliphatic heterocycles. The first kappa shape index (κ1) is 19.8. The summed E-state index contributed by atoms with van der Waals surface area (Å²) in [5, 5.41) is 0. The van der Waals surface area contributed by atoms with Crippen LogP contribution >= 0.6 is 0 Å². The number of carbonyl (C=O) groups is 1. The van der Waals surface area contributed by atoms with Gasteiger partial charge in [-0.1, -0.05) is 42.5 Å². The molecule has 0 aliphatic carbocycles. The van der Waals surface area contributed by atoms with Gasteiger partial charge in [0.25, 0.3) is 0 Å². The monoisotopic (exact) mass is 398 g/mol. The molecule has 0 atom stereocenters. The van der Waals surface area contributed by atoms with E-state index in [-0.39, 0.29) is 5.78 Å². The lowest BCUT2D eigenvalue weighted by Crippen LogP contribution is -2.46. The van der Waals surface area contributed by atoms with Gasteiger partial charge in [0.05, 0.1) is 7.11 Å². The van der Waals surface area contributed by atoms with E-state index in [1.165, 1.54) is 5.69 Å². The third-order valence-corrected chi connectivity index (χ3v) is 5.44. The van der Waals surface area contributed by atoms with Gasteiger partial charge in [0.2, 0.25) is 0 Å². The molecule has 0 spiro atoms. The lowest BCUT2D eigenvalue weighted by molar-refractivity contribution is 0.104. The van der Waals surface area contributed by atoms with Crippen molar-refractivity contribution in [2.24, 2.45) is 0 Å². The maximum atomic E-state index is 12.4. The van der Waals surface area contributed by atoms with Crippen molar-refractivity contribution in [3.8, 4) is 5.75 Å². The first-order valence-corrected chi connectivity index (χ1v) is 10.2. The van der Waals surface area contributed by atoms with Crippen LogP contribution in [0, 0.1) is 0 Å². The Kier molecular flexibility index (Phi) is 6.14. The number of nitrogens with zero attached hydrogens (tertiary/aromatic N) is 2. The van der Waals surface area contributed by atoms with Crippen molar-refractivity contribution >= 4 is 23.2 Å². The molecule has 3 aromatic rings. The van der Waals surface area contributed by atoms with Crippen LogP contribution in [0.1, 0.15) is 15.9 Å². The predicted octanol–water partition coefficient (Wildman–Crippen LogP) is 4.92. The average Bonchev–Trinajstić information content (AvgIpc) is 2.83. The summed E-state index contributed by atoms with van der Waals surface area (Å²) in [6, 6.07) is 26.0. The van der Waals surface area contributed by atoms with Crippen LogP contribution in [0.25, 0.3) is 6.08 Å². The summed E-state index contributed by atoms with van der Waals surface area (Å²) in [4.78, 5) is 17.2. The maximum absolute atomic E-state index is 12.4. The van der Waals surface area contributed by atoms with E-state index in [1.807, 2.05) is 72.8 Å². The molecule has 4 rings (SSSR count). The van der Waals surface area contributed by atoms with E-state index in [0.29, 0.717) is 5.56 Å². The van der Waals surface area contributed by atoms with Crippen LogP contribution in [-0.4, -0.2) is 39.1 Å². The zero-order valence-electron chi connectivity index (χ0n) is 17.2. The molecule has 1 saturated heterocycles. The van der Waals surface area contributed by atoms with Crippen LogP contribution in [0.15, 0.2) is 84.9 Å². The molecule has 0 unspecified atom stereocenters. The van der Waals surface area contributed by atoms with Crippen LogP contribution in [-0.2, 0) is 0 Å². The van der Waals surface area contributed by atoms with Crippen LogP contribution in [0.4, 0.5) is 11.4 Å². The van der Waals surface area contributed by atoms with Crippen molar-refractivity contribution in [2.45, 2.75) is 0 Å². The summed E-state index contributed by atoms with van der Waals surface area (Å²) < 4.78 is 5.34. The number of benzene rings is 3. The van der Waals surface area contributed by atoms with Gasteiger partial charge in [0, 0.05) is 49.2 Å². The minimum absolute atomic E-state index is 0.0215. The molecule has 0 saturated carbocycles. The van der Waals surface area contributed by atoms with Gasteiger partial charge < -0.3 is 14.5 Å². The van der Waals surface area contributed by atoms with Crippen molar-refractivity contribution in [2.75, 3.05) is 43.1 Å². The molecule has 152 valence electrons. The number of rotatable bonds is 6. The highest BCUT2D eigenvalue weighted by Gasteiger charge is 2.18. The molecular formula is C26H26N2O2. The van der Waals surface area contributed by atoms with Gasteiger partial charge in [0.1, 0.15) is 5.75 Å². The quantitative estimate of drug-likeness (QED) is 0.436. The molecule has 0 amide bonds. The van der Waals surface area contributed by atoms with Crippen molar-refractivity contribution < 1.29 is 9.53 Å². The molecular weight excluding hydrogens is 372 g/mol. The van der Waals surface area contributed by atoms with E-state index in [4.69, 9.17) is 4.74 Å². The van der Waals surface area contributed by atoms with Gasteiger partial charge in [-0.15, -0.1) is 0 Å². The Hall–Kier alpha value is -3.53. The summed E-state index contributed by atoms with van der Waals surface area (Å²) in [6.45, 7) is 3.79. The molecule has 0 bridgehead atoms. The highest BCUT2D eigenvalue weighted by Crippen LogP contribution is 2.24. The molecule has 1 fully saturated rings. The Balaban J connectivity index is 1.35. The second-order valence-corrected chi connectivity index (χ2v) is 7.33. The molecule has 30 heavy (non-hydrogen) atoms. The van der Waals surface area contributed by atoms with Gasteiger partial charge in [-0.2, -0.15) is 0 Å². The Bertz CT molecular complexity index is 1000. The summed E-state index contributed by atoms with van der Waals surface area (Å²) >= 11 is 0. The number of piperazine rings is 1. The summed E-state index contributed by atoms with van der Waals surface area (Å²) in [6.07, 6.45) is 3.49. The Morgan fingerprint density at radius 1 is 0.800 bits per heavy atom. The summed E-state index contributed by atoms with van der Waals surface area (Å²) in [5.74, 6) is 0.907. The van der Waals surface area contributed by atoms with Crippen LogP contribution in [0.3, 0.4) is 0 Å². The summed E-state index contributed by atoms with van der Waals surface area (Å²) in [7, 11) is 1.70. The van der Waals surface area contributed by atoms with E-state index in [0.717, 1.165) is 43.2 Å². The van der Waals surface area contributed by atoms with Gasteiger partial charge in [-0.05, 0) is 48.0 Å². The molecule has 0 N–H and O–H groups in total. The van der Waals surface area contributed by atoms with Crippen LogP contribution in [0.5, 0.6) is 5.75 Å². The second-order valence-electron chi connectivity index (χ2n) is 7.33. The molecule has 1 aliphatic rings. The molecule has 0 radical (unpaired) electrons. The Labute approximate surface area is 178 Å². The Morgan fingerprint density at radius 2 is 1.47 bits per heavy atom. The van der Waals surface area contributed by atoms with Gasteiger partial charge in [-0.3, -0.25) is 4.79 Å². The normalized spacial score (nSPS) is 14.2. The van der Waals surface area contributed by atoms with Gasteiger partial charge in [0.15, 0.2) is 5.78 Å². The average molecular weight is 399 g/mol. The number of hydrogen-bond acceptors (Lipinski definition) is 4. The third kappa shape index (κ3) is 4.71. The fourth-order valence-electron chi connectivity index (χ4n) is 3.70. The number of methoxy groups -OCH3 is 1.